The van der Waals surface area contributed by atoms with Crippen LogP contribution in [0.5, 0.6) is 0 Å². The molecule has 2 aromatic carbocycles. The third-order valence-corrected chi connectivity index (χ3v) is 7.59. The first-order chi connectivity index (χ1) is 14.3. The van der Waals surface area contributed by atoms with E-state index in [1.807, 2.05) is 37.3 Å². The number of halogens is 1. The molecule has 0 aliphatic carbocycles. The number of hydrogen-bond acceptors (Lipinski definition) is 6. The molecule has 1 amide bonds. The number of sulfonamides is 1. The summed E-state index contributed by atoms with van der Waals surface area (Å²) < 4.78 is 28.1. The van der Waals surface area contributed by atoms with Crippen LogP contribution in [0, 0.1) is 6.92 Å². The molecule has 3 aromatic rings. The van der Waals surface area contributed by atoms with Crippen LogP contribution >= 0.6 is 27.3 Å². The molecule has 0 saturated carbocycles. The molecule has 0 radical (unpaired) electrons. The fourth-order valence-electron chi connectivity index (χ4n) is 2.95. The van der Waals surface area contributed by atoms with Crippen molar-refractivity contribution in [1.82, 2.24) is 14.5 Å². The van der Waals surface area contributed by atoms with Crippen LogP contribution in [0.2, 0.25) is 0 Å². The number of likely N-dealkylation sites (N-methyl/N-ethyl adjacent to an activating group) is 1. The highest BCUT2D eigenvalue weighted by Crippen LogP contribution is 2.25. The van der Waals surface area contributed by atoms with Crippen molar-refractivity contribution in [3.8, 4) is 0 Å². The third-order valence-electron chi connectivity index (χ3n) is 4.47. The second-order valence-electron chi connectivity index (χ2n) is 6.73. The third kappa shape index (κ3) is 5.72. The molecule has 1 aromatic heterocycles. The molecule has 0 saturated heterocycles. The first kappa shape index (κ1) is 22.5. The molecule has 30 heavy (non-hydrogen) atoms. The molecule has 0 unspecified atom stereocenters. The van der Waals surface area contributed by atoms with Crippen molar-refractivity contribution in [2.24, 2.45) is 0 Å². The molecule has 1 atom stereocenters. The zero-order valence-corrected chi connectivity index (χ0v) is 19.7. The van der Waals surface area contributed by atoms with Gasteiger partial charge in [0.15, 0.2) is 0 Å². The van der Waals surface area contributed by atoms with E-state index < -0.39 is 10.0 Å². The van der Waals surface area contributed by atoms with Crippen LogP contribution in [-0.4, -0.2) is 42.4 Å². The van der Waals surface area contributed by atoms with E-state index in [4.69, 9.17) is 0 Å². The number of amides is 1. The van der Waals surface area contributed by atoms with Crippen LogP contribution in [-0.2, 0) is 14.8 Å². The number of rotatable bonds is 8. The molecule has 1 N–H and O–H groups in total. The number of carbonyl (C=O) groups is 1. The summed E-state index contributed by atoms with van der Waals surface area (Å²) in [6.07, 6.45) is 0.114. The Kier molecular flexibility index (Phi) is 7.35. The minimum Gasteiger partial charge on any atom is -0.301 e. The average Bonchev–Trinajstić information content (AvgIpc) is 3.12. The van der Waals surface area contributed by atoms with Crippen molar-refractivity contribution in [3.05, 3.63) is 69.6 Å². The summed E-state index contributed by atoms with van der Waals surface area (Å²) in [6, 6.07) is 15.9. The van der Waals surface area contributed by atoms with Crippen LogP contribution in [0.4, 0.5) is 5.13 Å². The van der Waals surface area contributed by atoms with E-state index in [1.165, 1.54) is 22.7 Å². The van der Waals surface area contributed by atoms with Gasteiger partial charge in [-0.25, -0.2) is 12.7 Å². The van der Waals surface area contributed by atoms with E-state index in [1.54, 1.807) is 24.3 Å². The SMILES string of the molecule is Cc1nnc(NC(=O)C[C@@H](CN(C)S(=O)(=O)c2ccc(Br)cc2)c2ccccc2)s1. The van der Waals surface area contributed by atoms with Crippen LogP contribution in [0.15, 0.2) is 64.0 Å². The number of benzene rings is 2. The van der Waals surface area contributed by atoms with Gasteiger partial charge in [0.2, 0.25) is 21.1 Å². The zero-order chi connectivity index (χ0) is 21.7. The van der Waals surface area contributed by atoms with Crippen molar-refractivity contribution in [2.45, 2.75) is 24.2 Å². The number of nitrogens with zero attached hydrogens (tertiary/aromatic N) is 3. The smallest absolute Gasteiger partial charge is 0.242 e. The quantitative estimate of drug-likeness (QED) is 0.495. The van der Waals surface area contributed by atoms with Gasteiger partial charge in [0.1, 0.15) is 5.01 Å². The van der Waals surface area contributed by atoms with Crippen molar-refractivity contribution >= 4 is 48.3 Å². The lowest BCUT2D eigenvalue weighted by molar-refractivity contribution is -0.116. The summed E-state index contributed by atoms with van der Waals surface area (Å²) in [5.74, 6) is -0.565. The van der Waals surface area contributed by atoms with Crippen LogP contribution in [0.25, 0.3) is 0 Å². The van der Waals surface area contributed by atoms with E-state index in [0.717, 1.165) is 15.0 Å². The van der Waals surface area contributed by atoms with Crippen LogP contribution in [0.1, 0.15) is 22.9 Å². The summed E-state index contributed by atoms with van der Waals surface area (Å²) in [5, 5.41) is 11.7. The van der Waals surface area contributed by atoms with Gasteiger partial charge in [-0.1, -0.05) is 57.6 Å². The van der Waals surface area contributed by atoms with Crippen molar-refractivity contribution in [1.29, 1.82) is 0 Å². The summed E-state index contributed by atoms with van der Waals surface area (Å²) in [6.45, 7) is 1.97. The minimum absolute atomic E-state index is 0.114. The Morgan fingerprint density at radius 1 is 1.13 bits per heavy atom. The maximum atomic E-state index is 13.0. The molecule has 10 heteroatoms. The highest BCUT2D eigenvalue weighted by Gasteiger charge is 2.26. The lowest BCUT2D eigenvalue weighted by atomic mass is 9.95. The van der Waals surface area contributed by atoms with E-state index in [-0.39, 0.29) is 29.7 Å². The van der Waals surface area contributed by atoms with Crippen LogP contribution < -0.4 is 5.32 Å². The Labute approximate surface area is 188 Å². The largest absolute Gasteiger partial charge is 0.301 e. The Hall–Kier alpha value is -2.14. The van der Waals surface area contributed by atoms with Gasteiger partial charge in [0, 0.05) is 30.4 Å². The molecule has 0 aliphatic heterocycles. The molecule has 1 heterocycles. The Morgan fingerprint density at radius 2 is 1.80 bits per heavy atom. The maximum Gasteiger partial charge on any atom is 0.242 e. The summed E-state index contributed by atoms with van der Waals surface area (Å²) >= 11 is 4.61. The van der Waals surface area contributed by atoms with Gasteiger partial charge in [0.25, 0.3) is 0 Å². The van der Waals surface area contributed by atoms with Crippen molar-refractivity contribution in [2.75, 3.05) is 18.9 Å². The van der Waals surface area contributed by atoms with Gasteiger partial charge < -0.3 is 5.32 Å². The second-order valence-corrected chi connectivity index (χ2v) is 10.9. The maximum absolute atomic E-state index is 13.0. The average molecular weight is 509 g/mol. The molecular formula is C20H21BrN4O3S2. The van der Waals surface area contributed by atoms with Crippen molar-refractivity contribution in [3.63, 3.8) is 0 Å². The molecule has 0 aliphatic rings. The van der Waals surface area contributed by atoms with E-state index in [2.05, 4.69) is 31.4 Å². The first-order valence-electron chi connectivity index (χ1n) is 9.12. The van der Waals surface area contributed by atoms with Gasteiger partial charge in [-0.05, 0) is 36.8 Å². The predicted octanol–water partition coefficient (Wildman–Crippen LogP) is 4.04. The van der Waals surface area contributed by atoms with Crippen molar-refractivity contribution < 1.29 is 13.2 Å². The molecular weight excluding hydrogens is 488 g/mol. The Balaban J connectivity index is 1.78. The minimum atomic E-state index is -3.69. The zero-order valence-electron chi connectivity index (χ0n) is 16.4. The fourth-order valence-corrected chi connectivity index (χ4v) is 5.04. The van der Waals surface area contributed by atoms with E-state index >= 15 is 0 Å². The number of nitrogens with one attached hydrogen (secondary N) is 1. The van der Waals surface area contributed by atoms with Gasteiger partial charge in [-0.3, -0.25) is 4.79 Å². The monoisotopic (exact) mass is 508 g/mol. The lowest BCUT2D eigenvalue weighted by Crippen LogP contribution is -2.32. The molecule has 7 nitrogen and oxygen atoms in total. The Morgan fingerprint density at radius 3 is 2.40 bits per heavy atom. The van der Waals surface area contributed by atoms with Crippen LogP contribution in [0.3, 0.4) is 0 Å². The highest BCUT2D eigenvalue weighted by atomic mass is 79.9. The van der Waals surface area contributed by atoms with Gasteiger partial charge >= 0.3 is 0 Å². The molecule has 0 bridgehead atoms. The number of anilines is 1. The normalized spacial score (nSPS) is 12.7. The summed E-state index contributed by atoms with van der Waals surface area (Å²) in [7, 11) is -2.16. The second kappa shape index (κ2) is 9.78. The summed E-state index contributed by atoms with van der Waals surface area (Å²) in [4.78, 5) is 12.8. The summed E-state index contributed by atoms with van der Waals surface area (Å²) in [5.41, 5.74) is 0.888. The molecule has 158 valence electrons. The molecule has 3 rings (SSSR count). The number of aryl methyl sites for hydroxylation is 1. The van der Waals surface area contributed by atoms with Gasteiger partial charge in [-0.15, -0.1) is 10.2 Å². The number of carbonyl (C=O) groups excluding carboxylic acids is 1. The van der Waals surface area contributed by atoms with Gasteiger partial charge in [0.05, 0.1) is 4.90 Å². The predicted molar refractivity (Wildman–Crippen MR) is 121 cm³/mol. The topological polar surface area (TPSA) is 92.3 Å². The highest BCUT2D eigenvalue weighted by molar-refractivity contribution is 9.10. The fraction of sp³-hybridized carbons (Fsp3) is 0.250. The van der Waals surface area contributed by atoms with Gasteiger partial charge in [-0.2, -0.15) is 0 Å². The lowest BCUT2D eigenvalue weighted by Gasteiger charge is -2.24. The molecule has 0 fully saturated rings. The van der Waals surface area contributed by atoms with E-state index in [9.17, 15) is 13.2 Å². The van der Waals surface area contributed by atoms with E-state index in [0.29, 0.717) is 5.13 Å². The standard InChI is InChI=1S/C20H21BrN4O3S2/c1-14-23-24-20(29-14)22-19(26)12-16(15-6-4-3-5-7-15)13-25(2)30(27,28)18-10-8-17(21)9-11-18/h3-11,16H,12-13H2,1-2H3,(H,22,24,26)/t16-/m0/s1. The number of hydrogen-bond donors (Lipinski definition) is 1. The number of aromatic nitrogens is 2. The Bertz CT molecular complexity index is 1100. The first-order valence-corrected chi connectivity index (χ1v) is 12.2. The molecule has 0 spiro atoms.